The van der Waals surface area contributed by atoms with Crippen LogP contribution in [0.15, 0.2) is 138 Å². The Morgan fingerprint density at radius 3 is 2.40 bits per heavy atom. The zero-order chi connectivity index (χ0) is 22.4. The molecule has 0 saturated heterocycles. The summed E-state index contributed by atoms with van der Waals surface area (Å²) in [4.78, 5) is 4.68. The number of allylic oxidation sites excluding steroid dienone is 15. The van der Waals surface area contributed by atoms with Crippen molar-refractivity contribution in [1.82, 2.24) is 0 Å². The molecule has 2 nitrogen and oxygen atoms in total. The second-order valence-electron chi connectivity index (χ2n) is 6.76. The fraction of sp³-hybridized carbons (Fsp3) is 0.179. The van der Waals surface area contributed by atoms with Crippen molar-refractivity contribution in [3.05, 3.63) is 133 Å². The summed E-state index contributed by atoms with van der Waals surface area (Å²) in [6, 6.07) is 0. The van der Waals surface area contributed by atoms with Gasteiger partial charge in [0, 0.05) is 5.57 Å². The fourth-order valence-corrected chi connectivity index (χ4v) is 2.62. The summed E-state index contributed by atoms with van der Waals surface area (Å²) in [5.41, 5.74) is 4.00. The smallest absolute Gasteiger partial charge is 0.129 e. The molecule has 30 heavy (non-hydrogen) atoms. The molecule has 0 aliphatic carbocycles. The van der Waals surface area contributed by atoms with Crippen LogP contribution in [0.25, 0.3) is 0 Å². The number of ether oxygens (including phenoxy) is 1. The molecule has 0 unspecified atom stereocenters. The van der Waals surface area contributed by atoms with E-state index in [4.69, 9.17) is 4.74 Å². The SMILES string of the molecule is C=C(/C=C\C)\C=C/C(=N\C(=C)/C=C\C)C1=C/C=C\CC/C=C\C(C)=C/C(=C)OC\1=C. The Morgan fingerprint density at radius 2 is 1.70 bits per heavy atom. The average molecular weight is 400 g/mol. The van der Waals surface area contributed by atoms with E-state index < -0.39 is 0 Å². The van der Waals surface area contributed by atoms with Crippen molar-refractivity contribution in [2.45, 2.75) is 33.6 Å². The molecule has 0 aromatic rings. The highest BCUT2D eigenvalue weighted by Crippen LogP contribution is 2.20. The summed E-state index contributed by atoms with van der Waals surface area (Å²) in [5.74, 6) is 0.982. The minimum absolute atomic E-state index is 0.463. The predicted molar refractivity (Wildman–Crippen MR) is 133 cm³/mol. The molecule has 0 radical (unpaired) electrons. The first-order valence-electron chi connectivity index (χ1n) is 10.1. The topological polar surface area (TPSA) is 21.6 Å². The summed E-state index contributed by atoms with van der Waals surface area (Å²) in [7, 11) is 0. The summed E-state index contributed by atoms with van der Waals surface area (Å²) >= 11 is 0. The van der Waals surface area contributed by atoms with E-state index in [9.17, 15) is 0 Å². The Hall–Kier alpha value is -3.39. The van der Waals surface area contributed by atoms with E-state index >= 15 is 0 Å². The lowest BCUT2D eigenvalue weighted by Gasteiger charge is -2.13. The van der Waals surface area contributed by atoms with Gasteiger partial charge in [-0.1, -0.05) is 74.9 Å². The number of rotatable bonds is 6. The Balaban J connectivity index is 3.44. The zero-order valence-electron chi connectivity index (χ0n) is 18.5. The van der Waals surface area contributed by atoms with E-state index in [0.29, 0.717) is 22.9 Å². The lowest BCUT2D eigenvalue weighted by molar-refractivity contribution is 0.337. The van der Waals surface area contributed by atoms with Gasteiger partial charge in [-0.25, -0.2) is 4.99 Å². The Labute approximate surface area is 182 Å². The van der Waals surface area contributed by atoms with E-state index in [1.54, 1.807) is 0 Å². The Bertz CT molecular complexity index is 908. The summed E-state index contributed by atoms with van der Waals surface area (Å²) < 4.78 is 5.92. The highest BCUT2D eigenvalue weighted by Gasteiger charge is 2.11. The molecule has 0 aromatic carbocycles. The molecule has 0 saturated carbocycles. The molecule has 0 N–H and O–H groups in total. The van der Waals surface area contributed by atoms with E-state index in [2.05, 4.69) is 49.5 Å². The molecule has 0 amide bonds. The number of nitrogens with zero attached hydrogens (tertiary/aromatic N) is 1. The van der Waals surface area contributed by atoms with Crippen LogP contribution in [0.3, 0.4) is 0 Å². The van der Waals surface area contributed by atoms with Crippen LogP contribution in [0.5, 0.6) is 0 Å². The maximum Gasteiger partial charge on any atom is 0.129 e. The van der Waals surface area contributed by atoms with Gasteiger partial charge in [-0.15, -0.1) is 0 Å². The molecule has 1 aliphatic rings. The molecule has 1 aliphatic heterocycles. The summed E-state index contributed by atoms with van der Waals surface area (Å²) in [6.45, 7) is 22.1. The van der Waals surface area contributed by atoms with Gasteiger partial charge in [-0.3, -0.25) is 0 Å². The van der Waals surface area contributed by atoms with E-state index in [1.807, 2.05) is 75.5 Å². The van der Waals surface area contributed by atoms with Gasteiger partial charge in [0.2, 0.25) is 0 Å². The first-order valence-corrected chi connectivity index (χ1v) is 10.1. The second-order valence-corrected chi connectivity index (χ2v) is 6.76. The molecule has 0 bridgehead atoms. The first-order chi connectivity index (χ1) is 14.4. The molecular formula is C28H33NO. The number of hydrogen-bond acceptors (Lipinski definition) is 2. The van der Waals surface area contributed by atoms with Gasteiger partial charge in [-0.05, 0) is 69.1 Å². The van der Waals surface area contributed by atoms with Crippen molar-refractivity contribution in [2.24, 2.45) is 4.99 Å². The minimum Gasteiger partial charge on any atom is -0.458 e. The molecule has 0 spiro atoms. The van der Waals surface area contributed by atoms with Crippen LogP contribution in [0.4, 0.5) is 0 Å². The van der Waals surface area contributed by atoms with Gasteiger partial charge < -0.3 is 4.74 Å². The van der Waals surface area contributed by atoms with Gasteiger partial charge in [-0.2, -0.15) is 0 Å². The second kappa shape index (κ2) is 13.7. The average Bonchev–Trinajstić information content (AvgIpc) is 2.68. The zero-order valence-corrected chi connectivity index (χ0v) is 18.5. The van der Waals surface area contributed by atoms with Crippen LogP contribution in [0, 0.1) is 0 Å². The van der Waals surface area contributed by atoms with E-state index in [0.717, 1.165) is 29.6 Å². The third kappa shape index (κ3) is 9.70. The highest BCUT2D eigenvalue weighted by atomic mass is 16.5. The molecule has 1 rings (SSSR count). The highest BCUT2D eigenvalue weighted by molar-refractivity contribution is 6.12. The van der Waals surface area contributed by atoms with Crippen LogP contribution in [-0.2, 0) is 4.74 Å². The van der Waals surface area contributed by atoms with Crippen molar-refractivity contribution in [2.75, 3.05) is 0 Å². The van der Waals surface area contributed by atoms with Crippen LogP contribution >= 0.6 is 0 Å². The van der Waals surface area contributed by atoms with Crippen molar-refractivity contribution < 1.29 is 4.74 Å². The standard InChI is InChI=1S/C28H33NO/c1-8-15-22(3)19-20-28(29-24(5)16-9-2)27-18-14-12-10-11-13-17-23(4)21-25(6)30-26(27)7/h8-9,12-21H,3,5-7,10-11H2,1-2,4H3/b14-12-,15-8-,16-9-,17-13-,20-19-,23-21-,27-18+,29-28+. The number of hydrogen-bond donors (Lipinski definition) is 0. The van der Waals surface area contributed by atoms with Gasteiger partial charge in [0.25, 0.3) is 0 Å². The van der Waals surface area contributed by atoms with Gasteiger partial charge in [0.1, 0.15) is 11.5 Å². The maximum absolute atomic E-state index is 5.92. The third-order valence-corrected chi connectivity index (χ3v) is 3.96. The Morgan fingerprint density at radius 1 is 1.00 bits per heavy atom. The van der Waals surface area contributed by atoms with Crippen LogP contribution in [0.2, 0.25) is 0 Å². The molecular weight excluding hydrogens is 366 g/mol. The molecule has 0 atom stereocenters. The van der Waals surface area contributed by atoms with Crippen LogP contribution in [0.1, 0.15) is 33.6 Å². The number of aliphatic imine (C=N–C) groups is 1. The monoisotopic (exact) mass is 399 g/mol. The fourth-order valence-electron chi connectivity index (χ4n) is 2.62. The van der Waals surface area contributed by atoms with Crippen molar-refractivity contribution in [1.29, 1.82) is 0 Å². The quantitative estimate of drug-likeness (QED) is 0.327. The van der Waals surface area contributed by atoms with Gasteiger partial charge in [0.05, 0.1) is 11.4 Å². The third-order valence-electron chi connectivity index (χ3n) is 3.96. The van der Waals surface area contributed by atoms with Crippen molar-refractivity contribution in [3.8, 4) is 0 Å². The van der Waals surface area contributed by atoms with Crippen LogP contribution in [-0.4, -0.2) is 5.71 Å². The lowest BCUT2D eigenvalue weighted by Crippen LogP contribution is -2.05. The van der Waals surface area contributed by atoms with Gasteiger partial charge in [0.15, 0.2) is 0 Å². The largest absolute Gasteiger partial charge is 0.458 e. The molecule has 0 fully saturated rings. The van der Waals surface area contributed by atoms with E-state index in [1.165, 1.54) is 0 Å². The lowest BCUT2D eigenvalue weighted by atomic mass is 10.1. The van der Waals surface area contributed by atoms with Crippen molar-refractivity contribution >= 4 is 5.71 Å². The molecule has 0 aromatic heterocycles. The molecule has 2 heteroatoms. The first kappa shape index (κ1) is 24.6. The predicted octanol–water partition coefficient (Wildman–Crippen LogP) is 8.03. The van der Waals surface area contributed by atoms with Crippen LogP contribution < -0.4 is 0 Å². The van der Waals surface area contributed by atoms with Crippen molar-refractivity contribution in [3.63, 3.8) is 0 Å². The minimum atomic E-state index is 0.463. The summed E-state index contributed by atoms with van der Waals surface area (Å²) in [5, 5.41) is 0. The summed E-state index contributed by atoms with van der Waals surface area (Å²) in [6.07, 6.45) is 25.5. The Kier molecular flexibility index (Phi) is 11.3. The normalized spacial score (nSPS) is 22.4. The molecule has 1 heterocycles. The maximum atomic E-state index is 5.92. The van der Waals surface area contributed by atoms with Gasteiger partial charge >= 0.3 is 0 Å². The molecule has 156 valence electrons. The van der Waals surface area contributed by atoms with E-state index in [-0.39, 0.29) is 0 Å².